The highest BCUT2D eigenvalue weighted by Gasteiger charge is 2.25. The zero-order chi connectivity index (χ0) is 21.8. The van der Waals surface area contributed by atoms with Crippen LogP contribution in [0.25, 0.3) is 0 Å². The van der Waals surface area contributed by atoms with Crippen LogP contribution in [0, 0.1) is 25.2 Å². The number of nitrogens with zero attached hydrogens (tertiary/aromatic N) is 4. The highest BCUT2D eigenvalue weighted by Crippen LogP contribution is 2.27. The van der Waals surface area contributed by atoms with Gasteiger partial charge in [0, 0.05) is 25.6 Å². The van der Waals surface area contributed by atoms with Gasteiger partial charge in [0.15, 0.2) is 6.61 Å². The first-order valence-corrected chi connectivity index (χ1v) is 9.25. The summed E-state index contributed by atoms with van der Waals surface area (Å²) in [6, 6.07) is 5.65. The predicted molar refractivity (Wildman–Crippen MR) is 105 cm³/mol. The summed E-state index contributed by atoms with van der Waals surface area (Å²) in [7, 11) is 1.45. The van der Waals surface area contributed by atoms with E-state index in [9.17, 15) is 19.6 Å². The van der Waals surface area contributed by atoms with E-state index in [1.165, 1.54) is 7.05 Å². The summed E-state index contributed by atoms with van der Waals surface area (Å²) in [5.41, 5.74) is 1.95. The van der Waals surface area contributed by atoms with Crippen LogP contribution in [0.15, 0.2) is 27.9 Å². The molecule has 10 heteroatoms. The Hall–Kier alpha value is -3.87. The summed E-state index contributed by atoms with van der Waals surface area (Å²) in [6.07, 6.45) is 1.86. The summed E-state index contributed by atoms with van der Waals surface area (Å²) in [5.74, 6) is -0.586. The number of hydrogen-bond donors (Lipinski definition) is 1. The van der Waals surface area contributed by atoms with Gasteiger partial charge in [-0.2, -0.15) is 10.4 Å². The Balaban J connectivity index is 1.71. The molecular weight excluding hydrogens is 390 g/mol. The number of amides is 2. The molecule has 0 atom stereocenters. The fourth-order valence-corrected chi connectivity index (χ4v) is 3.09. The second kappa shape index (κ2) is 8.65. The van der Waals surface area contributed by atoms with Crippen LogP contribution in [0.2, 0.25) is 0 Å². The monoisotopic (exact) mass is 411 g/mol. The molecule has 0 radical (unpaired) electrons. The first-order chi connectivity index (χ1) is 14.3. The molecule has 3 heterocycles. The summed E-state index contributed by atoms with van der Waals surface area (Å²) >= 11 is 0. The van der Waals surface area contributed by atoms with Crippen LogP contribution in [0.1, 0.15) is 35.4 Å². The van der Waals surface area contributed by atoms with E-state index in [2.05, 4.69) is 16.5 Å². The predicted octanol–water partition coefficient (Wildman–Crippen LogP) is 1.71. The molecule has 2 aromatic heterocycles. The van der Waals surface area contributed by atoms with Crippen LogP contribution in [-0.4, -0.2) is 46.7 Å². The largest absolute Gasteiger partial charge is 0.467 e. The molecule has 1 aliphatic heterocycles. The third kappa shape index (κ3) is 4.25. The molecule has 2 amide bonds. The molecule has 0 aliphatic carbocycles. The smallest absolute Gasteiger partial charge is 0.355 e. The summed E-state index contributed by atoms with van der Waals surface area (Å²) in [6.45, 7) is 3.41. The van der Waals surface area contributed by atoms with Gasteiger partial charge >= 0.3 is 5.97 Å². The number of aromatic nitrogens is 1. The van der Waals surface area contributed by atoms with Crippen molar-refractivity contribution in [3.8, 4) is 6.07 Å². The molecule has 0 spiro atoms. The average Bonchev–Trinajstić information content (AvgIpc) is 3.31. The topological polar surface area (TPSA) is 130 Å². The summed E-state index contributed by atoms with van der Waals surface area (Å²) in [5, 5.41) is 17.1. The van der Waals surface area contributed by atoms with Crippen LogP contribution in [0.3, 0.4) is 0 Å². The van der Waals surface area contributed by atoms with Gasteiger partial charge in [-0.15, -0.1) is 0 Å². The van der Waals surface area contributed by atoms with Crippen molar-refractivity contribution in [3.63, 3.8) is 0 Å². The number of ether oxygens (including phenoxy) is 1. The third-order valence-electron chi connectivity index (χ3n) is 4.87. The fourth-order valence-electron chi connectivity index (χ4n) is 3.09. The highest BCUT2D eigenvalue weighted by molar-refractivity contribution is 6.37. The fraction of sp³-hybridized carbons (Fsp3) is 0.350. The summed E-state index contributed by atoms with van der Waals surface area (Å²) in [4.78, 5) is 36.0. The lowest BCUT2D eigenvalue weighted by Gasteiger charge is -2.18. The third-order valence-corrected chi connectivity index (χ3v) is 4.87. The minimum atomic E-state index is -0.761. The van der Waals surface area contributed by atoms with Crippen LogP contribution in [0.4, 0.5) is 5.82 Å². The maximum absolute atomic E-state index is 12.4. The van der Waals surface area contributed by atoms with E-state index in [4.69, 9.17) is 9.15 Å². The molecule has 1 aliphatic rings. The number of nitriles is 1. The van der Waals surface area contributed by atoms with Crippen molar-refractivity contribution >= 4 is 29.3 Å². The molecule has 0 saturated heterocycles. The van der Waals surface area contributed by atoms with E-state index in [0.29, 0.717) is 23.7 Å². The standard InChI is InChI=1S/C20H21N5O5/c1-12-13(2)25(10-14-5-4-8-29-14)19(15(12)9-21)22-17(26)11-30-20(28)16-6-7-18(27)24(3)23-16/h4-5,8H,6-7,10-11H2,1-3H3,(H,22,26). The Kier molecular flexibility index (Phi) is 6.01. The zero-order valence-corrected chi connectivity index (χ0v) is 16.9. The molecule has 10 nitrogen and oxygen atoms in total. The van der Waals surface area contributed by atoms with Crippen molar-refractivity contribution in [1.29, 1.82) is 5.26 Å². The van der Waals surface area contributed by atoms with E-state index in [-0.39, 0.29) is 24.5 Å². The second-order valence-electron chi connectivity index (χ2n) is 6.80. The molecule has 0 saturated carbocycles. The summed E-state index contributed by atoms with van der Waals surface area (Å²) < 4.78 is 12.2. The van der Waals surface area contributed by atoms with E-state index in [1.54, 1.807) is 29.9 Å². The van der Waals surface area contributed by atoms with E-state index >= 15 is 0 Å². The molecule has 0 unspecified atom stereocenters. The van der Waals surface area contributed by atoms with Crippen LogP contribution in [-0.2, 0) is 25.7 Å². The van der Waals surface area contributed by atoms with Gasteiger partial charge in [-0.05, 0) is 31.5 Å². The Morgan fingerprint density at radius 2 is 2.13 bits per heavy atom. The Labute approximate surface area is 172 Å². The first kappa shape index (κ1) is 20.9. The van der Waals surface area contributed by atoms with Crippen LogP contribution < -0.4 is 5.32 Å². The molecular formula is C20H21N5O5. The van der Waals surface area contributed by atoms with Gasteiger partial charge < -0.3 is 19.0 Å². The second-order valence-corrected chi connectivity index (χ2v) is 6.80. The van der Waals surface area contributed by atoms with Crippen LogP contribution in [0.5, 0.6) is 0 Å². The number of carbonyl (C=O) groups is 3. The van der Waals surface area contributed by atoms with Gasteiger partial charge in [0.25, 0.3) is 5.91 Å². The van der Waals surface area contributed by atoms with E-state index < -0.39 is 18.5 Å². The molecule has 0 bridgehead atoms. The molecule has 30 heavy (non-hydrogen) atoms. The highest BCUT2D eigenvalue weighted by atomic mass is 16.5. The zero-order valence-electron chi connectivity index (χ0n) is 16.9. The number of anilines is 1. The van der Waals surface area contributed by atoms with Crippen molar-refractivity contribution in [3.05, 3.63) is 41.0 Å². The maximum atomic E-state index is 12.4. The Morgan fingerprint density at radius 1 is 1.37 bits per heavy atom. The lowest BCUT2D eigenvalue weighted by atomic mass is 10.2. The molecule has 0 fully saturated rings. The molecule has 3 rings (SSSR count). The van der Waals surface area contributed by atoms with Gasteiger partial charge in [-0.25, -0.2) is 9.80 Å². The molecule has 2 aromatic rings. The lowest BCUT2D eigenvalue weighted by molar-refractivity contribution is -0.141. The van der Waals surface area contributed by atoms with Gasteiger partial charge in [0.05, 0.1) is 18.4 Å². The maximum Gasteiger partial charge on any atom is 0.355 e. The van der Waals surface area contributed by atoms with Crippen molar-refractivity contribution in [2.45, 2.75) is 33.2 Å². The quantitative estimate of drug-likeness (QED) is 0.720. The average molecular weight is 411 g/mol. The molecule has 1 N–H and O–H groups in total. The van der Waals surface area contributed by atoms with Gasteiger partial charge in [-0.1, -0.05) is 0 Å². The number of esters is 1. The number of hydrazone groups is 1. The van der Waals surface area contributed by atoms with E-state index in [1.807, 2.05) is 6.92 Å². The van der Waals surface area contributed by atoms with Crippen molar-refractivity contribution in [2.75, 3.05) is 19.0 Å². The number of nitrogens with one attached hydrogen (secondary N) is 1. The van der Waals surface area contributed by atoms with Gasteiger partial charge in [-0.3, -0.25) is 9.59 Å². The SMILES string of the molecule is Cc1c(C#N)c(NC(=O)COC(=O)C2=NN(C)C(=O)CC2)n(Cc2ccco2)c1C. The van der Waals surface area contributed by atoms with Crippen LogP contribution >= 0.6 is 0 Å². The Bertz CT molecular complexity index is 1060. The Morgan fingerprint density at radius 3 is 2.77 bits per heavy atom. The van der Waals surface area contributed by atoms with Gasteiger partial charge in [0.2, 0.25) is 5.91 Å². The number of carbonyl (C=O) groups excluding carboxylic acids is 3. The minimum absolute atomic E-state index is 0.0792. The van der Waals surface area contributed by atoms with Gasteiger partial charge in [0.1, 0.15) is 23.4 Å². The lowest BCUT2D eigenvalue weighted by Crippen LogP contribution is -2.33. The normalized spacial score (nSPS) is 13.6. The van der Waals surface area contributed by atoms with Crippen molar-refractivity contribution in [2.24, 2.45) is 5.10 Å². The minimum Gasteiger partial charge on any atom is -0.467 e. The van der Waals surface area contributed by atoms with Crippen molar-refractivity contribution < 1.29 is 23.5 Å². The van der Waals surface area contributed by atoms with Crippen molar-refractivity contribution in [1.82, 2.24) is 9.58 Å². The first-order valence-electron chi connectivity index (χ1n) is 9.25. The number of hydrogen-bond acceptors (Lipinski definition) is 7. The number of rotatable bonds is 6. The van der Waals surface area contributed by atoms with E-state index in [0.717, 1.165) is 16.3 Å². The molecule has 0 aromatic carbocycles. The molecule has 156 valence electrons. The number of furan rings is 1.